The molecule has 0 radical (unpaired) electrons. The van der Waals surface area contributed by atoms with Crippen LogP contribution in [0.15, 0.2) is 23.1 Å². The van der Waals surface area contributed by atoms with Gasteiger partial charge in [-0.15, -0.1) is 24.0 Å². The van der Waals surface area contributed by atoms with Crippen LogP contribution in [0.1, 0.15) is 38.6 Å². The summed E-state index contributed by atoms with van der Waals surface area (Å²) in [6.45, 7) is 8.35. The second kappa shape index (κ2) is 8.69. The van der Waals surface area contributed by atoms with Crippen LogP contribution in [-0.4, -0.2) is 29.8 Å². The molecule has 2 N–H and O–H groups in total. The average molecular weight is 368 g/mol. The number of carbonyl (C=O) groups excluding carboxylic acids is 1. The number of carbonyl (C=O) groups is 1. The van der Waals surface area contributed by atoms with Crippen LogP contribution in [0.5, 0.6) is 0 Å². The molecule has 1 fully saturated rings. The molecule has 0 saturated carbocycles. The SMILES string of the molecule is C1CCNC1.CC(C)(C)OC(=O)NCc1nc2c(S)cccc2s1. The number of benzene rings is 1. The summed E-state index contributed by atoms with van der Waals surface area (Å²) in [7, 11) is 0. The second-order valence-corrected chi connectivity index (χ2v) is 8.14. The number of ether oxygens (including phenoxy) is 1. The standard InChI is InChI=1S/C13H16N2O2S2.C4H9N/c1-13(2,3)17-12(16)14-7-10-15-11-8(18)5-4-6-9(11)19-10;1-2-4-5-3-1/h4-6,18H,7H2,1-3H3,(H,14,16);5H,1-4H2. The number of amides is 1. The molecule has 0 aliphatic carbocycles. The number of nitrogens with zero attached hydrogens (tertiary/aromatic N) is 1. The molecule has 7 heteroatoms. The Labute approximate surface area is 152 Å². The monoisotopic (exact) mass is 367 g/mol. The fourth-order valence-corrected chi connectivity index (χ4v) is 3.41. The molecule has 1 aromatic heterocycles. The number of fused-ring (bicyclic) bond motifs is 1. The highest BCUT2D eigenvalue weighted by atomic mass is 32.1. The maximum atomic E-state index is 11.5. The Balaban J connectivity index is 0.000000355. The number of nitrogens with one attached hydrogen (secondary N) is 2. The van der Waals surface area contributed by atoms with Gasteiger partial charge in [-0.25, -0.2) is 9.78 Å². The zero-order chi connectivity index (χ0) is 17.6. The first-order valence-electron chi connectivity index (χ1n) is 8.10. The number of rotatable bonds is 2. The molecule has 2 aromatic rings. The van der Waals surface area contributed by atoms with Gasteiger partial charge in [0.2, 0.25) is 0 Å². The van der Waals surface area contributed by atoms with E-state index in [1.807, 2.05) is 39.0 Å². The van der Waals surface area contributed by atoms with E-state index in [9.17, 15) is 4.79 Å². The largest absolute Gasteiger partial charge is 0.444 e. The van der Waals surface area contributed by atoms with Crippen molar-refractivity contribution < 1.29 is 9.53 Å². The van der Waals surface area contributed by atoms with Crippen molar-refractivity contribution in [1.29, 1.82) is 0 Å². The molecule has 0 bridgehead atoms. The number of alkyl carbamates (subject to hydrolysis) is 1. The van der Waals surface area contributed by atoms with Gasteiger partial charge in [-0.3, -0.25) is 0 Å². The summed E-state index contributed by atoms with van der Waals surface area (Å²) >= 11 is 5.90. The van der Waals surface area contributed by atoms with Crippen molar-refractivity contribution in [2.75, 3.05) is 13.1 Å². The van der Waals surface area contributed by atoms with Crippen LogP contribution in [0.25, 0.3) is 10.2 Å². The van der Waals surface area contributed by atoms with Gasteiger partial charge >= 0.3 is 6.09 Å². The van der Waals surface area contributed by atoms with Crippen molar-refractivity contribution in [3.05, 3.63) is 23.2 Å². The summed E-state index contributed by atoms with van der Waals surface area (Å²) in [5, 5.41) is 6.76. The van der Waals surface area contributed by atoms with Crippen molar-refractivity contribution in [2.24, 2.45) is 0 Å². The third-order valence-corrected chi connectivity index (χ3v) is 4.56. The van der Waals surface area contributed by atoms with Crippen LogP contribution in [0, 0.1) is 0 Å². The van der Waals surface area contributed by atoms with Gasteiger partial charge < -0.3 is 15.4 Å². The molecule has 1 aromatic carbocycles. The lowest BCUT2D eigenvalue weighted by Crippen LogP contribution is -2.32. The summed E-state index contributed by atoms with van der Waals surface area (Å²) in [6.07, 6.45) is 2.35. The van der Waals surface area contributed by atoms with Crippen molar-refractivity contribution in [3.63, 3.8) is 0 Å². The van der Waals surface area contributed by atoms with E-state index in [-0.39, 0.29) is 0 Å². The van der Waals surface area contributed by atoms with Crippen molar-refractivity contribution in [1.82, 2.24) is 15.6 Å². The van der Waals surface area contributed by atoms with Crippen LogP contribution < -0.4 is 10.6 Å². The summed E-state index contributed by atoms with van der Waals surface area (Å²) in [5.41, 5.74) is 0.382. The average Bonchev–Trinajstić information content (AvgIpc) is 3.16. The Bertz CT molecular complexity index is 668. The normalized spacial score (nSPS) is 14.2. The molecule has 1 aliphatic rings. The van der Waals surface area contributed by atoms with Gasteiger partial charge in [-0.05, 0) is 58.8 Å². The molecule has 5 nitrogen and oxygen atoms in total. The summed E-state index contributed by atoms with van der Waals surface area (Å²) in [4.78, 5) is 16.8. The van der Waals surface area contributed by atoms with Gasteiger partial charge in [0.05, 0.1) is 16.8 Å². The number of hydrogen-bond acceptors (Lipinski definition) is 6. The van der Waals surface area contributed by atoms with E-state index in [4.69, 9.17) is 4.74 Å². The lowest BCUT2D eigenvalue weighted by Gasteiger charge is -2.19. The lowest BCUT2D eigenvalue weighted by atomic mass is 10.2. The van der Waals surface area contributed by atoms with Gasteiger partial charge in [0.1, 0.15) is 10.6 Å². The zero-order valence-electron chi connectivity index (χ0n) is 14.4. The Morgan fingerprint density at radius 3 is 2.62 bits per heavy atom. The smallest absolute Gasteiger partial charge is 0.408 e. The first-order valence-corrected chi connectivity index (χ1v) is 9.36. The molecular formula is C17H25N3O2S2. The number of thiazole rings is 1. The number of hydrogen-bond donors (Lipinski definition) is 3. The minimum atomic E-state index is -0.490. The molecule has 1 amide bonds. The van der Waals surface area contributed by atoms with E-state index in [2.05, 4.69) is 28.2 Å². The molecule has 3 rings (SSSR count). The fourth-order valence-electron chi connectivity index (χ4n) is 2.14. The topological polar surface area (TPSA) is 63.2 Å². The third kappa shape index (κ3) is 6.30. The van der Waals surface area contributed by atoms with E-state index in [1.165, 1.54) is 25.9 Å². The van der Waals surface area contributed by atoms with E-state index in [0.29, 0.717) is 6.54 Å². The Morgan fingerprint density at radius 2 is 2.08 bits per heavy atom. The van der Waals surface area contributed by atoms with Crippen LogP contribution >= 0.6 is 24.0 Å². The van der Waals surface area contributed by atoms with Crippen LogP contribution in [0.4, 0.5) is 4.79 Å². The number of para-hydroxylation sites is 1. The molecule has 24 heavy (non-hydrogen) atoms. The highest BCUT2D eigenvalue weighted by Gasteiger charge is 2.16. The van der Waals surface area contributed by atoms with Crippen molar-refractivity contribution in [3.8, 4) is 0 Å². The third-order valence-electron chi connectivity index (χ3n) is 3.18. The minimum absolute atomic E-state index is 0.363. The lowest BCUT2D eigenvalue weighted by molar-refractivity contribution is 0.0523. The quantitative estimate of drug-likeness (QED) is 0.703. The van der Waals surface area contributed by atoms with Gasteiger partial charge in [0.15, 0.2) is 0 Å². The summed E-state index contributed by atoms with van der Waals surface area (Å²) in [5.74, 6) is 0. The molecule has 0 unspecified atom stereocenters. The molecular weight excluding hydrogens is 342 g/mol. The van der Waals surface area contributed by atoms with E-state index < -0.39 is 11.7 Å². The van der Waals surface area contributed by atoms with Crippen molar-refractivity contribution >= 4 is 40.3 Å². The maximum Gasteiger partial charge on any atom is 0.408 e. The van der Waals surface area contributed by atoms with Gasteiger partial charge in [-0.1, -0.05) is 6.07 Å². The van der Waals surface area contributed by atoms with Gasteiger partial charge in [-0.2, -0.15) is 0 Å². The van der Waals surface area contributed by atoms with Gasteiger partial charge in [0.25, 0.3) is 0 Å². The molecule has 2 heterocycles. The second-order valence-electron chi connectivity index (χ2n) is 6.54. The highest BCUT2D eigenvalue weighted by Crippen LogP contribution is 2.26. The predicted octanol–water partition coefficient (Wildman–Crippen LogP) is 3.98. The molecule has 0 atom stereocenters. The molecule has 0 spiro atoms. The van der Waals surface area contributed by atoms with Crippen LogP contribution in [0.3, 0.4) is 0 Å². The first kappa shape index (κ1) is 19.0. The van der Waals surface area contributed by atoms with E-state index >= 15 is 0 Å². The first-order chi connectivity index (χ1) is 11.3. The molecule has 1 aliphatic heterocycles. The minimum Gasteiger partial charge on any atom is -0.444 e. The molecule has 1 saturated heterocycles. The predicted molar refractivity (Wildman–Crippen MR) is 102 cm³/mol. The number of aromatic nitrogens is 1. The number of thiol groups is 1. The molecule has 132 valence electrons. The van der Waals surface area contributed by atoms with Crippen LogP contribution in [0.2, 0.25) is 0 Å². The van der Waals surface area contributed by atoms with Crippen molar-refractivity contribution in [2.45, 2.75) is 50.7 Å². The Kier molecular flexibility index (Phi) is 6.89. The van der Waals surface area contributed by atoms with E-state index in [0.717, 1.165) is 20.1 Å². The Morgan fingerprint density at radius 1 is 1.38 bits per heavy atom. The van der Waals surface area contributed by atoms with Crippen LogP contribution in [-0.2, 0) is 11.3 Å². The maximum absolute atomic E-state index is 11.5. The highest BCUT2D eigenvalue weighted by molar-refractivity contribution is 7.80. The Hall–Kier alpha value is -1.31. The van der Waals surface area contributed by atoms with Gasteiger partial charge in [0, 0.05) is 4.90 Å². The van der Waals surface area contributed by atoms with E-state index in [1.54, 1.807) is 11.3 Å². The summed E-state index contributed by atoms with van der Waals surface area (Å²) < 4.78 is 6.23. The fraction of sp³-hybridized carbons (Fsp3) is 0.529. The zero-order valence-corrected chi connectivity index (χ0v) is 16.1. The summed E-state index contributed by atoms with van der Waals surface area (Å²) in [6, 6.07) is 5.83.